The van der Waals surface area contributed by atoms with Crippen LogP contribution in [0.4, 0.5) is 0 Å². The molecule has 0 spiro atoms. The van der Waals surface area contributed by atoms with Gasteiger partial charge in [-0.2, -0.15) is 0 Å². The van der Waals surface area contributed by atoms with Crippen molar-refractivity contribution < 1.29 is 19.4 Å². The van der Waals surface area contributed by atoms with Gasteiger partial charge in [-0.15, -0.1) is 0 Å². The topological polar surface area (TPSA) is 71.0 Å². The van der Waals surface area contributed by atoms with Crippen molar-refractivity contribution in [3.05, 3.63) is 0 Å². The van der Waals surface area contributed by atoms with E-state index in [1.165, 1.54) is 0 Å². The molecule has 0 aromatic heterocycles. The summed E-state index contributed by atoms with van der Waals surface area (Å²) in [7, 11) is 3.32. The van der Waals surface area contributed by atoms with E-state index in [2.05, 4.69) is 10.2 Å². The molecule has 0 saturated carbocycles. The lowest BCUT2D eigenvalue weighted by Gasteiger charge is -2.33. The quantitative estimate of drug-likeness (QED) is 0.489. The van der Waals surface area contributed by atoms with Crippen LogP contribution >= 0.6 is 0 Å². The number of aliphatic carboxylic acids is 1. The fourth-order valence-corrected chi connectivity index (χ4v) is 1.97. The lowest BCUT2D eigenvalue weighted by Crippen LogP contribution is -2.57. The van der Waals surface area contributed by atoms with E-state index >= 15 is 0 Å². The SMILES string of the molecule is CCCNC(C)(CN(CCCOC)CCOC)C(=O)O. The van der Waals surface area contributed by atoms with Crippen molar-refractivity contribution >= 4 is 5.97 Å². The molecule has 0 heterocycles. The Hall–Kier alpha value is -0.690. The second-order valence-electron chi connectivity index (χ2n) is 5.18. The molecule has 0 aliphatic rings. The van der Waals surface area contributed by atoms with E-state index in [1.807, 2.05) is 6.92 Å². The van der Waals surface area contributed by atoms with Crippen LogP contribution in [0.15, 0.2) is 0 Å². The van der Waals surface area contributed by atoms with Gasteiger partial charge in [-0.3, -0.25) is 9.69 Å². The molecule has 0 fully saturated rings. The number of hydrogen-bond donors (Lipinski definition) is 2. The van der Waals surface area contributed by atoms with E-state index in [1.54, 1.807) is 21.1 Å². The smallest absolute Gasteiger partial charge is 0.324 e. The van der Waals surface area contributed by atoms with Crippen molar-refractivity contribution in [3.8, 4) is 0 Å². The highest BCUT2D eigenvalue weighted by atomic mass is 16.5. The number of methoxy groups -OCH3 is 2. The maximum Gasteiger partial charge on any atom is 0.324 e. The van der Waals surface area contributed by atoms with Gasteiger partial charge in [-0.05, 0) is 26.3 Å². The van der Waals surface area contributed by atoms with Crippen molar-refractivity contribution in [1.82, 2.24) is 10.2 Å². The van der Waals surface area contributed by atoms with Gasteiger partial charge in [0.25, 0.3) is 0 Å². The summed E-state index contributed by atoms with van der Waals surface area (Å²) in [4.78, 5) is 13.6. The van der Waals surface area contributed by atoms with E-state index in [4.69, 9.17) is 9.47 Å². The second-order valence-corrected chi connectivity index (χ2v) is 5.18. The first kappa shape index (κ1) is 19.3. The maximum atomic E-state index is 11.5. The molecule has 0 saturated heterocycles. The molecular formula is C14H30N2O4. The summed E-state index contributed by atoms with van der Waals surface area (Å²) in [5.74, 6) is -0.819. The Morgan fingerprint density at radius 2 is 1.90 bits per heavy atom. The highest BCUT2D eigenvalue weighted by Gasteiger charge is 2.34. The first-order chi connectivity index (χ1) is 9.50. The Bertz CT molecular complexity index is 264. The van der Waals surface area contributed by atoms with Gasteiger partial charge in [-0.1, -0.05) is 6.92 Å². The number of hydrogen-bond acceptors (Lipinski definition) is 5. The number of ether oxygens (including phenoxy) is 2. The van der Waals surface area contributed by atoms with E-state index in [0.29, 0.717) is 26.3 Å². The maximum absolute atomic E-state index is 11.5. The molecule has 0 aliphatic heterocycles. The summed E-state index contributed by atoms with van der Waals surface area (Å²) in [5.41, 5.74) is -0.934. The Morgan fingerprint density at radius 1 is 1.25 bits per heavy atom. The molecule has 6 heteroatoms. The summed E-state index contributed by atoms with van der Waals surface area (Å²) < 4.78 is 10.1. The van der Waals surface area contributed by atoms with Crippen molar-refractivity contribution in [2.24, 2.45) is 0 Å². The van der Waals surface area contributed by atoms with Crippen LogP contribution in [-0.2, 0) is 14.3 Å². The summed E-state index contributed by atoms with van der Waals surface area (Å²) in [5, 5.41) is 12.6. The Kier molecular flexibility index (Phi) is 10.6. The van der Waals surface area contributed by atoms with Crippen molar-refractivity contribution in [3.63, 3.8) is 0 Å². The fourth-order valence-electron chi connectivity index (χ4n) is 1.97. The Labute approximate surface area is 122 Å². The summed E-state index contributed by atoms with van der Waals surface area (Å²) >= 11 is 0. The van der Waals surface area contributed by atoms with Gasteiger partial charge in [0.1, 0.15) is 5.54 Å². The second kappa shape index (κ2) is 11.0. The minimum Gasteiger partial charge on any atom is -0.480 e. The van der Waals surface area contributed by atoms with Crippen molar-refractivity contribution in [2.45, 2.75) is 32.2 Å². The molecule has 0 radical (unpaired) electrons. The molecule has 1 unspecified atom stereocenters. The molecule has 0 aromatic rings. The fraction of sp³-hybridized carbons (Fsp3) is 0.929. The van der Waals surface area contributed by atoms with Gasteiger partial charge in [0.15, 0.2) is 0 Å². The Balaban J connectivity index is 4.55. The van der Waals surface area contributed by atoms with E-state index in [-0.39, 0.29) is 0 Å². The number of nitrogens with zero attached hydrogens (tertiary/aromatic N) is 1. The van der Waals surface area contributed by atoms with Crippen molar-refractivity contribution in [1.29, 1.82) is 0 Å². The van der Waals surface area contributed by atoms with Crippen LogP contribution in [0.1, 0.15) is 26.7 Å². The molecule has 0 aromatic carbocycles. The highest BCUT2D eigenvalue weighted by molar-refractivity contribution is 5.78. The molecule has 2 N–H and O–H groups in total. The minimum absolute atomic E-state index is 0.454. The van der Waals surface area contributed by atoms with Crippen molar-refractivity contribution in [2.75, 3.05) is 53.6 Å². The third-order valence-electron chi connectivity index (χ3n) is 3.21. The minimum atomic E-state index is -0.934. The first-order valence-electron chi connectivity index (χ1n) is 7.18. The number of carboxylic acid groups (broad SMARTS) is 1. The molecule has 0 bridgehead atoms. The molecule has 20 heavy (non-hydrogen) atoms. The predicted octanol–water partition coefficient (Wildman–Crippen LogP) is 0.814. The van der Waals surface area contributed by atoms with E-state index < -0.39 is 11.5 Å². The summed E-state index contributed by atoms with van der Waals surface area (Å²) in [6, 6.07) is 0. The zero-order valence-electron chi connectivity index (χ0n) is 13.3. The first-order valence-corrected chi connectivity index (χ1v) is 7.18. The van der Waals surface area contributed by atoms with Crippen LogP contribution < -0.4 is 5.32 Å². The largest absolute Gasteiger partial charge is 0.480 e. The number of rotatable bonds is 13. The standard InChI is InChI=1S/C14H30N2O4/c1-5-7-15-14(2,13(17)18)12-16(9-11-20-4)8-6-10-19-3/h15H,5-12H2,1-4H3,(H,17,18). The number of carboxylic acids is 1. The summed E-state index contributed by atoms with van der Waals surface area (Å²) in [6.45, 7) is 7.70. The summed E-state index contributed by atoms with van der Waals surface area (Å²) in [6.07, 6.45) is 1.79. The predicted molar refractivity (Wildman–Crippen MR) is 79.1 cm³/mol. The van der Waals surface area contributed by atoms with Crippen LogP contribution in [0.3, 0.4) is 0 Å². The molecule has 6 nitrogen and oxygen atoms in total. The van der Waals surface area contributed by atoms with Gasteiger partial charge in [0, 0.05) is 40.5 Å². The normalized spacial score (nSPS) is 14.4. The molecular weight excluding hydrogens is 260 g/mol. The van der Waals surface area contributed by atoms with Gasteiger partial charge in [0.2, 0.25) is 0 Å². The van der Waals surface area contributed by atoms with Crippen LogP contribution in [-0.4, -0.2) is 75.1 Å². The monoisotopic (exact) mass is 290 g/mol. The van der Waals surface area contributed by atoms with Gasteiger partial charge >= 0.3 is 5.97 Å². The molecule has 0 amide bonds. The third-order valence-corrected chi connectivity index (χ3v) is 3.21. The van der Waals surface area contributed by atoms with Crippen LogP contribution in [0.2, 0.25) is 0 Å². The molecule has 0 aliphatic carbocycles. The van der Waals surface area contributed by atoms with E-state index in [9.17, 15) is 9.90 Å². The van der Waals surface area contributed by atoms with Crippen LogP contribution in [0, 0.1) is 0 Å². The number of carbonyl (C=O) groups is 1. The Morgan fingerprint density at radius 3 is 2.40 bits per heavy atom. The highest BCUT2D eigenvalue weighted by Crippen LogP contribution is 2.08. The molecule has 120 valence electrons. The third kappa shape index (κ3) is 7.79. The average Bonchev–Trinajstić information content (AvgIpc) is 2.42. The van der Waals surface area contributed by atoms with E-state index in [0.717, 1.165) is 25.9 Å². The zero-order chi connectivity index (χ0) is 15.4. The van der Waals surface area contributed by atoms with Gasteiger partial charge in [-0.25, -0.2) is 0 Å². The molecule has 1 atom stereocenters. The van der Waals surface area contributed by atoms with Gasteiger partial charge < -0.3 is 19.9 Å². The zero-order valence-corrected chi connectivity index (χ0v) is 13.3. The van der Waals surface area contributed by atoms with Gasteiger partial charge in [0.05, 0.1) is 6.61 Å². The lowest BCUT2D eigenvalue weighted by atomic mass is 10.0. The lowest BCUT2D eigenvalue weighted by molar-refractivity contribution is -0.145. The number of nitrogens with one attached hydrogen (secondary N) is 1. The van der Waals surface area contributed by atoms with Crippen LogP contribution in [0.25, 0.3) is 0 Å². The average molecular weight is 290 g/mol. The van der Waals surface area contributed by atoms with Crippen LogP contribution in [0.5, 0.6) is 0 Å². The molecule has 0 rings (SSSR count).